The summed E-state index contributed by atoms with van der Waals surface area (Å²) in [4.78, 5) is 27.2. The highest BCUT2D eigenvalue weighted by Crippen LogP contribution is 2.45. The Labute approximate surface area is 183 Å². The Kier molecular flexibility index (Phi) is 5.40. The predicted octanol–water partition coefficient (Wildman–Crippen LogP) is 4.47. The quantitative estimate of drug-likeness (QED) is 0.360. The number of rotatable bonds is 4. The predicted molar refractivity (Wildman–Crippen MR) is 117 cm³/mol. The molecule has 32 heavy (non-hydrogen) atoms. The van der Waals surface area contributed by atoms with Crippen LogP contribution in [0.2, 0.25) is 0 Å². The second-order valence-corrected chi connectivity index (χ2v) is 7.38. The van der Waals surface area contributed by atoms with Gasteiger partial charge in [0.1, 0.15) is 23.1 Å². The van der Waals surface area contributed by atoms with E-state index in [-0.39, 0.29) is 33.9 Å². The molecule has 0 aliphatic carbocycles. The van der Waals surface area contributed by atoms with Crippen LogP contribution < -0.4 is 9.64 Å². The summed E-state index contributed by atoms with van der Waals surface area (Å²) in [6.45, 7) is 1.80. The number of para-hydroxylation sites is 2. The summed E-state index contributed by atoms with van der Waals surface area (Å²) < 4.78 is 20.2. The fraction of sp³-hybridized carbons (Fsp3) is 0.120. The molecule has 1 heterocycles. The van der Waals surface area contributed by atoms with Crippen LogP contribution in [-0.2, 0) is 9.59 Å². The number of nitrogens with zero attached hydrogens (tertiary/aromatic N) is 1. The molecule has 3 aromatic carbocycles. The van der Waals surface area contributed by atoms with E-state index >= 15 is 0 Å². The lowest BCUT2D eigenvalue weighted by atomic mass is 9.94. The van der Waals surface area contributed by atoms with Crippen molar-refractivity contribution in [3.8, 4) is 11.5 Å². The van der Waals surface area contributed by atoms with E-state index in [4.69, 9.17) is 4.74 Å². The molecule has 7 heteroatoms. The Morgan fingerprint density at radius 1 is 1.03 bits per heavy atom. The normalized spacial score (nSPS) is 17.6. The Bertz CT molecular complexity index is 1270. The van der Waals surface area contributed by atoms with Crippen molar-refractivity contribution in [1.82, 2.24) is 0 Å². The van der Waals surface area contributed by atoms with Crippen molar-refractivity contribution >= 4 is 23.1 Å². The number of benzene rings is 3. The van der Waals surface area contributed by atoms with Crippen LogP contribution >= 0.6 is 0 Å². The van der Waals surface area contributed by atoms with E-state index in [1.807, 2.05) is 0 Å². The minimum atomic E-state index is -1.30. The van der Waals surface area contributed by atoms with Gasteiger partial charge < -0.3 is 14.9 Å². The van der Waals surface area contributed by atoms with Crippen molar-refractivity contribution in [1.29, 1.82) is 0 Å². The third kappa shape index (κ3) is 3.37. The number of amides is 1. The fourth-order valence-electron chi connectivity index (χ4n) is 3.89. The first-order valence-electron chi connectivity index (χ1n) is 9.83. The van der Waals surface area contributed by atoms with Crippen molar-refractivity contribution in [2.45, 2.75) is 13.0 Å². The Morgan fingerprint density at radius 3 is 2.41 bits per heavy atom. The van der Waals surface area contributed by atoms with Gasteiger partial charge in [-0.25, -0.2) is 4.39 Å². The van der Waals surface area contributed by atoms with Crippen LogP contribution in [0.1, 0.15) is 22.7 Å². The number of Topliss-reactive ketones (excluding diaryl/α,β-unsaturated/α-hetero) is 1. The molecule has 3 aromatic rings. The lowest BCUT2D eigenvalue weighted by Crippen LogP contribution is -2.29. The number of anilines is 1. The van der Waals surface area contributed by atoms with Crippen LogP contribution in [0.5, 0.6) is 11.5 Å². The molecule has 4 rings (SSSR count). The van der Waals surface area contributed by atoms with Crippen molar-refractivity contribution in [2.75, 3.05) is 12.0 Å². The monoisotopic (exact) mass is 433 g/mol. The maximum Gasteiger partial charge on any atom is 0.300 e. The van der Waals surface area contributed by atoms with Gasteiger partial charge in [-0.3, -0.25) is 14.5 Å². The fourth-order valence-corrected chi connectivity index (χ4v) is 3.89. The zero-order valence-corrected chi connectivity index (χ0v) is 17.4. The molecule has 1 amide bonds. The lowest BCUT2D eigenvalue weighted by Gasteiger charge is -2.26. The number of ether oxygens (including phenoxy) is 1. The number of carbonyl (C=O) groups excluding carboxylic acids is 2. The van der Waals surface area contributed by atoms with Crippen molar-refractivity contribution in [3.63, 3.8) is 0 Å². The molecule has 0 spiro atoms. The molecule has 0 saturated carbocycles. The molecule has 1 saturated heterocycles. The average Bonchev–Trinajstić information content (AvgIpc) is 3.04. The molecule has 1 aliphatic rings. The van der Waals surface area contributed by atoms with Gasteiger partial charge in [-0.1, -0.05) is 42.0 Å². The molecule has 162 valence electrons. The number of phenolic OH excluding ortho intramolecular Hbond substituents is 1. The van der Waals surface area contributed by atoms with Crippen LogP contribution in [0, 0.1) is 12.7 Å². The third-order valence-corrected chi connectivity index (χ3v) is 5.40. The number of aryl methyl sites for hydroxylation is 1. The van der Waals surface area contributed by atoms with Gasteiger partial charge in [0.15, 0.2) is 0 Å². The van der Waals surface area contributed by atoms with Gasteiger partial charge in [0.25, 0.3) is 11.7 Å². The average molecular weight is 433 g/mol. The van der Waals surface area contributed by atoms with Crippen LogP contribution in [0.4, 0.5) is 10.1 Å². The summed E-state index contributed by atoms with van der Waals surface area (Å²) in [5.74, 6) is -3.12. The van der Waals surface area contributed by atoms with Gasteiger partial charge in [0.2, 0.25) is 0 Å². The molecule has 6 nitrogen and oxygen atoms in total. The highest BCUT2D eigenvalue weighted by molar-refractivity contribution is 6.52. The zero-order valence-electron chi connectivity index (χ0n) is 17.4. The second kappa shape index (κ2) is 8.19. The first-order valence-corrected chi connectivity index (χ1v) is 9.83. The summed E-state index contributed by atoms with van der Waals surface area (Å²) in [5, 5.41) is 21.6. The van der Waals surface area contributed by atoms with E-state index in [2.05, 4.69) is 0 Å². The highest BCUT2D eigenvalue weighted by atomic mass is 19.1. The Morgan fingerprint density at radius 2 is 1.72 bits per heavy atom. The van der Waals surface area contributed by atoms with Gasteiger partial charge >= 0.3 is 0 Å². The number of methoxy groups -OCH3 is 1. The molecule has 1 fully saturated rings. The minimum absolute atomic E-state index is 0.00289. The van der Waals surface area contributed by atoms with E-state index in [1.54, 1.807) is 43.3 Å². The van der Waals surface area contributed by atoms with Crippen LogP contribution in [0.25, 0.3) is 5.76 Å². The number of aromatic hydroxyl groups is 1. The molecular formula is C25H20FNO5. The number of ketones is 1. The Balaban J connectivity index is 2.04. The molecular weight excluding hydrogens is 413 g/mol. The maximum atomic E-state index is 14.9. The smallest absolute Gasteiger partial charge is 0.300 e. The van der Waals surface area contributed by atoms with Gasteiger partial charge in [0, 0.05) is 5.56 Å². The molecule has 0 radical (unpaired) electrons. The Hall–Kier alpha value is -4.13. The van der Waals surface area contributed by atoms with Crippen molar-refractivity contribution in [2.24, 2.45) is 0 Å². The number of carbonyl (C=O) groups is 2. The molecule has 1 unspecified atom stereocenters. The molecule has 1 aliphatic heterocycles. The minimum Gasteiger partial charge on any atom is -0.507 e. The van der Waals surface area contributed by atoms with Crippen LogP contribution in [0.3, 0.4) is 0 Å². The zero-order chi connectivity index (χ0) is 23.0. The van der Waals surface area contributed by atoms with E-state index in [0.29, 0.717) is 0 Å². The molecule has 0 bridgehead atoms. The number of hydrogen-bond donors (Lipinski definition) is 2. The standard InChI is InChI=1S/C25H20FNO5/c1-14-11-12-20(32-2)16(13-14)23(29)21-22(15-7-3-4-8-17(15)26)27(25(31)24(21)30)18-9-5-6-10-19(18)28/h3-13,22,28-29H,1-2H3/b23-21+. The topological polar surface area (TPSA) is 87.1 Å². The number of halogens is 1. The molecule has 1 atom stereocenters. The SMILES string of the molecule is COc1ccc(C)cc1/C(O)=C1\C(=O)C(=O)N(c2ccccc2O)C1c1ccccc1F. The van der Waals surface area contributed by atoms with E-state index in [9.17, 15) is 24.2 Å². The van der Waals surface area contributed by atoms with Gasteiger partial charge in [-0.05, 0) is 37.3 Å². The summed E-state index contributed by atoms with van der Waals surface area (Å²) in [5.41, 5.74) is 0.710. The highest BCUT2D eigenvalue weighted by Gasteiger charge is 2.48. The van der Waals surface area contributed by atoms with Crippen LogP contribution in [-0.4, -0.2) is 29.0 Å². The largest absolute Gasteiger partial charge is 0.507 e. The maximum absolute atomic E-state index is 14.9. The van der Waals surface area contributed by atoms with E-state index in [1.165, 1.54) is 37.4 Å². The number of aliphatic hydroxyl groups excluding tert-OH is 1. The van der Waals surface area contributed by atoms with E-state index < -0.39 is 29.3 Å². The van der Waals surface area contributed by atoms with Gasteiger partial charge in [0.05, 0.1) is 30.0 Å². The summed E-state index contributed by atoms with van der Waals surface area (Å²) >= 11 is 0. The molecule has 0 aromatic heterocycles. The van der Waals surface area contributed by atoms with Crippen molar-refractivity contribution in [3.05, 3.63) is 94.8 Å². The van der Waals surface area contributed by atoms with E-state index in [0.717, 1.165) is 10.5 Å². The summed E-state index contributed by atoms with van der Waals surface area (Å²) in [7, 11) is 1.41. The molecule has 2 N–H and O–H groups in total. The third-order valence-electron chi connectivity index (χ3n) is 5.40. The number of aliphatic hydroxyl groups is 1. The van der Waals surface area contributed by atoms with Crippen molar-refractivity contribution < 1.29 is 28.9 Å². The number of phenols is 1. The van der Waals surface area contributed by atoms with Gasteiger partial charge in [-0.2, -0.15) is 0 Å². The first-order chi connectivity index (χ1) is 15.3. The second-order valence-electron chi connectivity index (χ2n) is 7.38. The number of hydrogen-bond acceptors (Lipinski definition) is 5. The lowest BCUT2D eigenvalue weighted by molar-refractivity contribution is -0.132. The summed E-state index contributed by atoms with van der Waals surface area (Å²) in [6.07, 6.45) is 0. The van der Waals surface area contributed by atoms with Crippen LogP contribution in [0.15, 0.2) is 72.3 Å². The van der Waals surface area contributed by atoms with Gasteiger partial charge in [-0.15, -0.1) is 0 Å². The first kappa shape index (κ1) is 21.1. The summed E-state index contributed by atoms with van der Waals surface area (Å²) in [6, 6.07) is 15.3.